The van der Waals surface area contributed by atoms with Gasteiger partial charge in [-0.15, -0.1) is 0 Å². The van der Waals surface area contributed by atoms with Crippen molar-refractivity contribution in [1.82, 2.24) is 10.2 Å². The smallest absolute Gasteiger partial charge is 0.317 e. The second kappa shape index (κ2) is 7.68. The number of amides is 2. The van der Waals surface area contributed by atoms with E-state index in [1.807, 2.05) is 25.1 Å². The van der Waals surface area contributed by atoms with Crippen LogP contribution in [0.5, 0.6) is 5.75 Å². The van der Waals surface area contributed by atoms with Crippen molar-refractivity contribution in [3.8, 4) is 5.75 Å². The highest BCUT2D eigenvalue weighted by atomic mass is 79.9. The van der Waals surface area contributed by atoms with E-state index in [-0.39, 0.29) is 18.5 Å². The van der Waals surface area contributed by atoms with E-state index >= 15 is 0 Å². The van der Waals surface area contributed by atoms with Gasteiger partial charge in [0.1, 0.15) is 5.75 Å². The van der Waals surface area contributed by atoms with Crippen molar-refractivity contribution < 1.29 is 19.4 Å². The summed E-state index contributed by atoms with van der Waals surface area (Å²) in [6.07, 6.45) is 0.610. The first-order chi connectivity index (χ1) is 10.9. The number of halogens is 1. The first-order valence-electron chi connectivity index (χ1n) is 7.48. The number of rotatable bonds is 4. The van der Waals surface area contributed by atoms with Gasteiger partial charge in [0.15, 0.2) is 0 Å². The minimum atomic E-state index is -0.844. The number of piperidine rings is 1. The molecule has 2 unspecified atom stereocenters. The van der Waals surface area contributed by atoms with E-state index in [4.69, 9.17) is 4.74 Å². The van der Waals surface area contributed by atoms with Crippen LogP contribution in [0.2, 0.25) is 0 Å². The molecule has 0 radical (unpaired) electrons. The highest BCUT2D eigenvalue weighted by Gasteiger charge is 2.31. The van der Waals surface area contributed by atoms with Gasteiger partial charge in [-0.25, -0.2) is 4.79 Å². The molecule has 7 heteroatoms. The van der Waals surface area contributed by atoms with Crippen LogP contribution < -0.4 is 10.1 Å². The monoisotopic (exact) mass is 384 g/mol. The number of carbonyl (C=O) groups excluding carboxylic acids is 1. The average molecular weight is 385 g/mol. The summed E-state index contributed by atoms with van der Waals surface area (Å²) in [6.45, 7) is 3.11. The lowest BCUT2D eigenvalue weighted by molar-refractivity contribution is -0.143. The summed E-state index contributed by atoms with van der Waals surface area (Å²) >= 11 is 3.40. The van der Waals surface area contributed by atoms with E-state index in [0.29, 0.717) is 25.3 Å². The lowest BCUT2D eigenvalue weighted by Crippen LogP contribution is -2.49. The number of carboxylic acids is 1. The number of likely N-dealkylation sites (tertiary alicyclic amines) is 1. The normalized spacial score (nSPS) is 20.9. The number of aliphatic carboxylic acids is 1. The van der Waals surface area contributed by atoms with Crippen molar-refractivity contribution in [2.24, 2.45) is 11.8 Å². The van der Waals surface area contributed by atoms with Gasteiger partial charge in [0.2, 0.25) is 0 Å². The number of benzene rings is 1. The van der Waals surface area contributed by atoms with Crippen LogP contribution in [0.4, 0.5) is 4.79 Å². The van der Waals surface area contributed by atoms with Crippen molar-refractivity contribution in [3.63, 3.8) is 0 Å². The maximum Gasteiger partial charge on any atom is 0.317 e. The topological polar surface area (TPSA) is 78.9 Å². The fourth-order valence-electron chi connectivity index (χ4n) is 2.86. The molecule has 0 aliphatic carbocycles. The number of nitrogens with zero attached hydrogens (tertiary/aromatic N) is 1. The molecule has 23 heavy (non-hydrogen) atoms. The minimum Gasteiger partial charge on any atom is -0.496 e. The van der Waals surface area contributed by atoms with Gasteiger partial charge in [0.25, 0.3) is 0 Å². The second-order valence-electron chi connectivity index (χ2n) is 5.90. The number of ether oxygens (including phenoxy) is 1. The van der Waals surface area contributed by atoms with Crippen LogP contribution in [0.15, 0.2) is 22.7 Å². The van der Waals surface area contributed by atoms with Crippen molar-refractivity contribution in [2.45, 2.75) is 19.9 Å². The van der Waals surface area contributed by atoms with Gasteiger partial charge < -0.3 is 20.1 Å². The Balaban J connectivity index is 1.99. The summed E-state index contributed by atoms with van der Waals surface area (Å²) in [6, 6.07) is 5.34. The fraction of sp³-hybridized carbons (Fsp3) is 0.500. The Bertz CT molecular complexity index is 593. The van der Waals surface area contributed by atoms with E-state index in [1.165, 1.54) is 0 Å². The number of nitrogens with one attached hydrogen (secondary N) is 1. The molecule has 1 aliphatic heterocycles. The van der Waals surface area contributed by atoms with Gasteiger partial charge in [-0.1, -0.05) is 22.9 Å². The highest BCUT2D eigenvalue weighted by Crippen LogP contribution is 2.24. The predicted octanol–water partition coefficient (Wildman–Crippen LogP) is 2.71. The van der Waals surface area contributed by atoms with Crippen molar-refractivity contribution >= 4 is 27.9 Å². The highest BCUT2D eigenvalue weighted by molar-refractivity contribution is 9.10. The predicted molar refractivity (Wildman–Crippen MR) is 89.4 cm³/mol. The summed E-state index contributed by atoms with van der Waals surface area (Å²) < 4.78 is 6.18. The quantitative estimate of drug-likeness (QED) is 0.836. The van der Waals surface area contributed by atoms with Gasteiger partial charge >= 0.3 is 12.0 Å². The number of methoxy groups -OCH3 is 1. The molecule has 0 aromatic heterocycles. The molecular formula is C16H21BrN2O4. The molecule has 126 valence electrons. The molecule has 1 aromatic carbocycles. The van der Waals surface area contributed by atoms with E-state index in [1.54, 1.807) is 12.0 Å². The molecule has 1 saturated heterocycles. The van der Waals surface area contributed by atoms with Crippen LogP contribution in [0.25, 0.3) is 0 Å². The van der Waals surface area contributed by atoms with Crippen molar-refractivity contribution in [1.29, 1.82) is 0 Å². The zero-order valence-corrected chi connectivity index (χ0v) is 14.8. The Kier molecular flexibility index (Phi) is 5.87. The first kappa shape index (κ1) is 17.6. The molecule has 2 atom stereocenters. The molecule has 2 amide bonds. The molecule has 1 heterocycles. The molecule has 2 N–H and O–H groups in total. The summed E-state index contributed by atoms with van der Waals surface area (Å²) in [5, 5.41) is 12.0. The summed E-state index contributed by atoms with van der Waals surface area (Å²) in [7, 11) is 1.58. The Morgan fingerprint density at radius 3 is 2.83 bits per heavy atom. The van der Waals surface area contributed by atoms with E-state index < -0.39 is 11.9 Å². The fourth-order valence-corrected chi connectivity index (χ4v) is 3.27. The Labute approximate surface area is 143 Å². The molecule has 1 aliphatic rings. The van der Waals surface area contributed by atoms with Gasteiger partial charge in [0.05, 0.1) is 13.0 Å². The number of urea groups is 1. The molecule has 1 aromatic rings. The van der Waals surface area contributed by atoms with Gasteiger partial charge in [-0.05, 0) is 30.5 Å². The SMILES string of the molecule is COc1ccc(Br)cc1CNC(=O)N1CC(C)CC(C(=O)O)C1. The largest absolute Gasteiger partial charge is 0.496 e. The molecular weight excluding hydrogens is 364 g/mol. The van der Waals surface area contributed by atoms with E-state index in [2.05, 4.69) is 21.2 Å². The molecule has 0 bridgehead atoms. The Morgan fingerprint density at radius 1 is 1.43 bits per heavy atom. The van der Waals surface area contributed by atoms with Gasteiger partial charge in [-0.3, -0.25) is 4.79 Å². The second-order valence-corrected chi connectivity index (χ2v) is 6.81. The summed E-state index contributed by atoms with van der Waals surface area (Å²) in [5.41, 5.74) is 0.857. The molecule has 0 spiro atoms. The molecule has 1 fully saturated rings. The van der Waals surface area contributed by atoms with E-state index in [0.717, 1.165) is 10.0 Å². The number of carbonyl (C=O) groups is 2. The van der Waals surface area contributed by atoms with Crippen LogP contribution >= 0.6 is 15.9 Å². The summed E-state index contributed by atoms with van der Waals surface area (Å²) in [4.78, 5) is 25.1. The van der Waals surface area contributed by atoms with Crippen LogP contribution in [0.1, 0.15) is 18.9 Å². The number of carboxylic acid groups (broad SMARTS) is 1. The first-order valence-corrected chi connectivity index (χ1v) is 8.28. The third kappa shape index (κ3) is 4.60. The van der Waals surface area contributed by atoms with E-state index in [9.17, 15) is 14.7 Å². The lowest BCUT2D eigenvalue weighted by atomic mass is 9.91. The van der Waals surface area contributed by atoms with Gasteiger partial charge in [0, 0.05) is 29.7 Å². The lowest BCUT2D eigenvalue weighted by Gasteiger charge is -2.34. The van der Waals surface area contributed by atoms with Crippen molar-refractivity contribution in [3.05, 3.63) is 28.2 Å². The number of hydrogen-bond acceptors (Lipinski definition) is 3. The Hall–Kier alpha value is -1.76. The van der Waals surface area contributed by atoms with Crippen molar-refractivity contribution in [2.75, 3.05) is 20.2 Å². The summed E-state index contributed by atoms with van der Waals surface area (Å²) in [5.74, 6) is -0.465. The van der Waals surface area contributed by atoms with Crippen LogP contribution in [-0.2, 0) is 11.3 Å². The third-order valence-corrected chi connectivity index (χ3v) is 4.46. The average Bonchev–Trinajstić information content (AvgIpc) is 2.52. The third-order valence-electron chi connectivity index (χ3n) is 3.97. The van der Waals surface area contributed by atoms with Crippen LogP contribution in [0.3, 0.4) is 0 Å². The Morgan fingerprint density at radius 2 is 2.17 bits per heavy atom. The maximum atomic E-state index is 12.3. The molecule has 2 rings (SSSR count). The van der Waals surface area contributed by atoms with Gasteiger partial charge in [-0.2, -0.15) is 0 Å². The number of hydrogen-bond donors (Lipinski definition) is 2. The zero-order valence-electron chi connectivity index (χ0n) is 13.2. The molecule has 6 nitrogen and oxygen atoms in total. The maximum absolute atomic E-state index is 12.3. The standard InChI is InChI=1S/C16H21BrN2O4/c1-10-5-12(15(20)21)9-19(8-10)16(22)18-7-11-6-13(17)3-4-14(11)23-2/h3-4,6,10,12H,5,7-9H2,1-2H3,(H,18,22)(H,20,21). The zero-order chi connectivity index (χ0) is 17.0. The van der Waals surface area contributed by atoms with Crippen LogP contribution in [0, 0.1) is 11.8 Å². The molecule has 0 saturated carbocycles. The minimum absolute atomic E-state index is 0.177. The van der Waals surface area contributed by atoms with Crippen LogP contribution in [-0.4, -0.2) is 42.2 Å².